The van der Waals surface area contributed by atoms with Gasteiger partial charge in [-0.05, 0) is 80.1 Å². The Morgan fingerprint density at radius 1 is 1.22 bits per heavy atom. The predicted molar refractivity (Wildman–Crippen MR) is 129 cm³/mol. The maximum atomic E-state index is 10.6. The molecule has 3 heterocycles. The zero-order valence-corrected chi connectivity index (χ0v) is 19.3. The summed E-state index contributed by atoms with van der Waals surface area (Å²) in [5.74, 6) is 2.23. The fraction of sp³-hybridized carbons (Fsp3) is 0.385. The molecule has 1 saturated heterocycles. The van der Waals surface area contributed by atoms with E-state index in [1.165, 1.54) is 15.0 Å². The molecule has 0 aliphatic carbocycles. The lowest BCUT2D eigenvalue weighted by Crippen LogP contribution is -2.45. The van der Waals surface area contributed by atoms with Gasteiger partial charge in [-0.3, -0.25) is 4.90 Å². The number of ether oxygens (including phenoxy) is 2. The Morgan fingerprint density at radius 2 is 2.12 bits per heavy atom. The average molecular weight is 452 g/mol. The van der Waals surface area contributed by atoms with Gasteiger partial charge in [0.05, 0.1) is 18.8 Å². The summed E-state index contributed by atoms with van der Waals surface area (Å²) < 4.78 is 18.0. The van der Waals surface area contributed by atoms with E-state index in [-0.39, 0.29) is 6.61 Å². The number of thiophene rings is 1. The molecule has 0 saturated carbocycles. The molecule has 0 unspecified atom stereocenters. The third-order valence-electron chi connectivity index (χ3n) is 6.49. The van der Waals surface area contributed by atoms with Crippen LogP contribution in [0.4, 0.5) is 0 Å². The number of aliphatic hydroxyl groups excluding tert-OH is 1. The Kier molecular flexibility index (Phi) is 6.09. The summed E-state index contributed by atoms with van der Waals surface area (Å²) >= 11 is 1.88. The van der Waals surface area contributed by atoms with Crippen LogP contribution in [0.5, 0.6) is 11.5 Å². The molecule has 0 amide bonds. The van der Waals surface area contributed by atoms with Crippen LogP contribution in [0.3, 0.4) is 0 Å². The second kappa shape index (κ2) is 9.14. The quantitative estimate of drug-likeness (QED) is 0.393. The van der Waals surface area contributed by atoms with Crippen molar-refractivity contribution in [2.24, 2.45) is 0 Å². The van der Waals surface area contributed by atoms with Gasteiger partial charge in [0, 0.05) is 22.2 Å². The highest BCUT2D eigenvalue weighted by Crippen LogP contribution is 2.39. The van der Waals surface area contributed by atoms with E-state index < -0.39 is 6.10 Å². The summed E-state index contributed by atoms with van der Waals surface area (Å²) in [5.41, 5.74) is 0.798. The van der Waals surface area contributed by atoms with E-state index in [0.717, 1.165) is 41.9 Å². The minimum Gasteiger partial charge on any atom is -0.497 e. The Hall–Kier alpha value is -2.54. The van der Waals surface area contributed by atoms with Crippen LogP contribution < -0.4 is 9.47 Å². The third kappa shape index (κ3) is 4.35. The molecule has 1 N–H and O–H groups in total. The summed E-state index contributed by atoms with van der Waals surface area (Å²) in [7, 11) is 1.71. The summed E-state index contributed by atoms with van der Waals surface area (Å²) in [6.07, 6.45) is 3.34. The fourth-order valence-electron chi connectivity index (χ4n) is 4.71. The first-order chi connectivity index (χ1) is 15.6. The van der Waals surface area contributed by atoms with E-state index in [1.54, 1.807) is 13.4 Å². The number of methoxy groups -OCH3 is 1. The third-order valence-corrected chi connectivity index (χ3v) is 7.76. The van der Waals surface area contributed by atoms with Gasteiger partial charge < -0.3 is 19.0 Å². The Bertz CT molecular complexity index is 1200. The molecule has 32 heavy (non-hydrogen) atoms. The normalized spacial score (nSPS) is 20.6. The molecule has 5 nitrogen and oxygen atoms in total. The number of β-amino-alcohol motifs (C(OH)–C–C–N with tert-alkyl or cyclic N) is 1. The minimum atomic E-state index is -0.534. The van der Waals surface area contributed by atoms with Crippen LogP contribution in [0, 0.1) is 0 Å². The zero-order chi connectivity index (χ0) is 22.1. The van der Waals surface area contributed by atoms with Gasteiger partial charge >= 0.3 is 0 Å². The fourth-order valence-corrected chi connectivity index (χ4v) is 5.95. The van der Waals surface area contributed by atoms with Crippen LogP contribution in [0.1, 0.15) is 30.6 Å². The first kappa shape index (κ1) is 21.3. The van der Waals surface area contributed by atoms with Gasteiger partial charge in [-0.15, -0.1) is 11.3 Å². The first-order valence-corrected chi connectivity index (χ1v) is 12.0. The van der Waals surface area contributed by atoms with Crippen LogP contribution in [0.15, 0.2) is 59.2 Å². The molecule has 1 aliphatic heterocycles. The van der Waals surface area contributed by atoms with E-state index in [0.29, 0.717) is 18.5 Å². The number of likely N-dealkylation sites (tertiary alicyclic amines) is 1. The SMILES string of the molecule is COc1ccc2cc([C@H]3CCN(C[C@H](O)COc4cccc5occc45)[C@@H](C)C3)sc2c1. The standard InChI is InChI=1S/C26H29NO4S/c1-17-12-19(25-13-18-6-7-21(29-2)14-26(18)32-25)8-10-27(17)15-20(28)16-31-24-5-3-4-23-22(24)9-11-30-23/h3-7,9,11,13-14,17,19-20,28H,8,10,12,15-16H2,1-2H3/t17-,19-,20-/m0/s1. The maximum Gasteiger partial charge on any atom is 0.137 e. The highest BCUT2D eigenvalue weighted by Gasteiger charge is 2.29. The lowest BCUT2D eigenvalue weighted by Gasteiger charge is -2.38. The molecule has 168 valence electrons. The minimum absolute atomic E-state index is 0.273. The molecule has 3 atom stereocenters. The van der Waals surface area contributed by atoms with E-state index in [2.05, 4.69) is 30.0 Å². The second-order valence-electron chi connectivity index (χ2n) is 8.67. The topological polar surface area (TPSA) is 55.1 Å². The Labute approximate surface area is 192 Å². The maximum absolute atomic E-state index is 10.6. The van der Waals surface area contributed by atoms with Crippen molar-refractivity contribution < 1.29 is 19.0 Å². The Morgan fingerprint density at radius 3 is 2.97 bits per heavy atom. The van der Waals surface area contributed by atoms with Gasteiger partial charge in [0.25, 0.3) is 0 Å². The number of nitrogens with zero attached hydrogens (tertiary/aromatic N) is 1. The number of fused-ring (bicyclic) bond motifs is 2. The summed E-state index contributed by atoms with van der Waals surface area (Å²) in [6.45, 7) is 4.15. The zero-order valence-electron chi connectivity index (χ0n) is 18.5. The van der Waals surface area contributed by atoms with Crippen LogP contribution >= 0.6 is 11.3 Å². The van der Waals surface area contributed by atoms with Crippen molar-refractivity contribution in [1.82, 2.24) is 4.90 Å². The molecular formula is C26H29NO4S. The monoisotopic (exact) mass is 451 g/mol. The van der Waals surface area contributed by atoms with Crippen LogP contribution in [0.25, 0.3) is 21.1 Å². The van der Waals surface area contributed by atoms with Crippen molar-refractivity contribution in [2.75, 3.05) is 26.8 Å². The lowest BCUT2D eigenvalue weighted by molar-refractivity contribution is 0.0408. The van der Waals surface area contributed by atoms with Crippen molar-refractivity contribution in [3.8, 4) is 11.5 Å². The van der Waals surface area contributed by atoms with E-state index in [9.17, 15) is 5.11 Å². The molecular weight excluding hydrogens is 422 g/mol. The van der Waals surface area contributed by atoms with Crippen molar-refractivity contribution in [1.29, 1.82) is 0 Å². The van der Waals surface area contributed by atoms with Gasteiger partial charge in [-0.1, -0.05) is 6.07 Å². The van der Waals surface area contributed by atoms with Gasteiger partial charge in [0.15, 0.2) is 0 Å². The molecule has 2 aromatic carbocycles. The van der Waals surface area contributed by atoms with Crippen molar-refractivity contribution >= 4 is 32.4 Å². The van der Waals surface area contributed by atoms with Gasteiger partial charge in [0.2, 0.25) is 0 Å². The summed E-state index contributed by atoms with van der Waals surface area (Å²) in [5, 5.41) is 12.9. The lowest BCUT2D eigenvalue weighted by atomic mass is 9.90. The number of benzene rings is 2. The molecule has 0 spiro atoms. The molecule has 5 rings (SSSR count). The molecule has 1 fully saturated rings. The predicted octanol–water partition coefficient (Wildman–Crippen LogP) is 5.66. The first-order valence-electron chi connectivity index (χ1n) is 11.2. The largest absolute Gasteiger partial charge is 0.497 e. The van der Waals surface area contributed by atoms with E-state index >= 15 is 0 Å². The molecule has 2 aromatic heterocycles. The van der Waals surface area contributed by atoms with Gasteiger partial charge in [-0.25, -0.2) is 0 Å². The van der Waals surface area contributed by atoms with Crippen molar-refractivity contribution in [3.63, 3.8) is 0 Å². The van der Waals surface area contributed by atoms with Crippen molar-refractivity contribution in [2.45, 2.75) is 37.8 Å². The molecule has 4 aromatic rings. The van der Waals surface area contributed by atoms with Crippen LogP contribution in [0.2, 0.25) is 0 Å². The van der Waals surface area contributed by atoms with Gasteiger partial charge in [-0.2, -0.15) is 0 Å². The molecule has 0 radical (unpaired) electrons. The van der Waals surface area contributed by atoms with E-state index in [1.807, 2.05) is 41.7 Å². The summed E-state index contributed by atoms with van der Waals surface area (Å²) in [6, 6.07) is 16.7. The molecule has 0 bridgehead atoms. The van der Waals surface area contributed by atoms with Crippen molar-refractivity contribution in [3.05, 3.63) is 59.7 Å². The second-order valence-corrected chi connectivity index (χ2v) is 9.79. The number of hydrogen-bond donors (Lipinski definition) is 1. The summed E-state index contributed by atoms with van der Waals surface area (Å²) in [4.78, 5) is 3.84. The number of aliphatic hydroxyl groups is 1. The average Bonchev–Trinajstić information content (AvgIpc) is 3.45. The number of piperidine rings is 1. The smallest absolute Gasteiger partial charge is 0.137 e. The Balaban J connectivity index is 1.17. The van der Waals surface area contributed by atoms with Crippen LogP contribution in [-0.2, 0) is 0 Å². The van der Waals surface area contributed by atoms with E-state index in [4.69, 9.17) is 13.9 Å². The number of hydrogen-bond acceptors (Lipinski definition) is 6. The number of rotatable bonds is 7. The van der Waals surface area contributed by atoms with Crippen LogP contribution in [-0.4, -0.2) is 49.0 Å². The highest BCUT2D eigenvalue weighted by molar-refractivity contribution is 7.19. The molecule has 6 heteroatoms. The highest BCUT2D eigenvalue weighted by atomic mass is 32.1. The number of furan rings is 1. The van der Waals surface area contributed by atoms with Gasteiger partial charge in [0.1, 0.15) is 29.8 Å². The molecule has 1 aliphatic rings.